The van der Waals surface area contributed by atoms with Gasteiger partial charge in [0, 0.05) is 0 Å². The predicted octanol–water partition coefficient (Wildman–Crippen LogP) is 3.76. The minimum Gasteiger partial charge on any atom is -0.494 e. The van der Waals surface area contributed by atoms with E-state index in [1.54, 1.807) is 0 Å². The maximum absolute atomic E-state index is 5.73. The fourth-order valence-corrected chi connectivity index (χ4v) is 3.21. The van der Waals surface area contributed by atoms with Crippen LogP contribution in [0.5, 0.6) is 5.75 Å². The standard InChI is InChI=1S/C15H18O/c1-2-16-15-6-4-3-5-13(15)14-10-11-7-8-12(14)9-11/h3-8,11-12,14H,2,9-10H2,1H3. The zero-order valence-corrected chi connectivity index (χ0v) is 9.73. The van der Waals surface area contributed by atoms with Gasteiger partial charge in [-0.05, 0) is 49.1 Å². The van der Waals surface area contributed by atoms with Crippen LogP contribution in [0.25, 0.3) is 0 Å². The Balaban J connectivity index is 1.91. The predicted molar refractivity (Wildman–Crippen MR) is 65.7 cm³/mol. The zero-order chi connectivity index (χ0) is 11.0. The molecule has 1 saturated carbocycles. The van der Waals surface area contributed by atoms with Crippen molar-refractivity contribution >= 4 is 0 Å². The van der Waals surface area contributed by atoms with Crippen LogP contribution in [-0.2, 0) is 0 Å². The van der Waals surface area contributed by atoms with Crippen LogP contribution in [-0.4, -0.2) is 6.61 Å². The SMILES string of the molecule is CCOc1ccccc1C1CC2C=CC1C2. The number of benzene rings is 1. The summed E-state index contributed by atoms with van der Waals surface area (Å²) in [6, 6.07) is 8.55. The maximum Gasteiger partial charge on any atom is 0.122 e. The third-order valence-corrected chi connectivity index (χ3v) is 3.90. The first-order valence-electron chi connectivity index (χ1n) is 6.28. The van der Waals surface area contributed by atoms with Crippen molar-refractivity contribution < 1.29 is 4.74 Å². The molecule has 1 heteroatoms. The minimum absolute atomic E-state index is 0.692. The topological polar surface area (TPSA) is 9.23 Å². The molecule has 0 radical (unpaired) electrons. The highest BCUT2D eigenvalue weighted by Gasteiger charge is 2.37. The Labute approximate surface area is 97.1 Å². The van der Waals surface area contributed by atoms with Gasteiger partial charge in [0.25, 0.3) is 0 Å². The molecule has 0 saturated heterocycles. The molecule has 1 aromatic rings. The van der Waals surface area contributed by atoms with Crippen LogP contribution in [0, 0.1) is 11.8 Å². The Bertz CT molecular complexity index is 408. The Hall–Kier alpha value is -1.24. The average Bonchev–Trinajstić information content (AvgIpc) is 2.92. The highest BCUT2D eigenvalue weighted by atomic mass is 16.5. The molecule has 1 nitrogen and oxygen atoms in total. The van der Waals surface area contributed by atoms with Gasteiger partial charge in [-0.25, -0.2) is 0 Å². The highest BCUT2D eigenvalue weighted by molar-refractivity contribution is 5.39. The summed E-state index contributed by atoms with van der Waals surface area (Å²) in [6.45, 7) is 2.81. The summed E-state index contributed by atoms with van der Waals surface area (Å²) in [4.78, 5) is 0. The van der Waals surface area contributed by atoms with Gasteiger partial charge >= 0.3 is 0 Å². The molecule has 2 aliphatic rings. The molecule has 2 aliphatic carbocycles. The number of rotatable bonds is 3. The molecule has 0 heterocycles. The van der Waals surface area contributed by atoms with Gasteiger partial charge in [0.2, 0.25) is 0 Å². The van der Waals surface area contributed by atoms with Gasteiger partial charge in [0.05, 0.1) is 6.61 Å². The summed E-state index contributed by atoms with van der Waals surface area (Å²) in [7, 11) is 0. The van der Waals surface area contributed by atoms with E-state index in [4.69, 9.17) is 4.74 Å². The number of fused-ring (bicyclic) bond motifs is 2. The largest absolute Gasteiger partial charge is 0.494 e. The smallest absolute Gasteiger partial charge is 0.122 e. The highest BCUT2D eigenvalue weighted by Crippen LogP contribution is 2.50. The summed E-state index contributed by atoms with van der Waals surface area (Å²) < 4.78 is 5.73. The lowest BCUT2D eigenvalue weighted by atomic mass is 9.86. The van der Waals surface area contributed by atoms with Crippen molar-refractivity contribution in [1.82, 2.24) is 0 Å². The van der Waals surface area contributed by atoms with Crippen molar-refractivity contribution in [2.75, 3.05) is 6.61 Å². The number of hydrogen-bond donors (Lipinski definition) is 0. The quantitative estimate of drug-likeness (QED) is 0.696. The van der Waals surface area contributed by atoms with Crippen molar-refractivity contribution in [3.8, 4) is 5.75 Å². The van der Waals surface area contributed by atoms with Crippen molar-refractivity contribution in [1.29, 1.82) is 0 Å². The van der Waals surface area contributed by atoms with E-state index < -0.39 is 0 Å². The first-order chi connectivity index (χ1) is 7.88. The molecule has 0 spiro atoms. The van der Waals surface area contributed by atoms with Crippen molar-refractivity contribution in [3.63, 3.8) is 0 Å². The Morgan fingerprint density at radius 3 is 2.75 bits per heavy atom. The van der Waals surface area contributed by atoms with E-state index in [0.717, 1.165) is 24.2 Å². The molecule has 3 rings (SSSR count). The summed E-state index contributed by atoms with van der Waals surface area (Å²) >= 11 is 0. The fourth-order valence-electron chi connectivity index (χ4n) is 3.21. The molecule has 84 valence electrons. The number of allylic oxidation sites excluding steroid dienone is 2. The molecule has 0 aliphatic heterocycles. The van der Waals surface area contributed by atoms with Gasteiger partial charge in [0.1, 0.15) is 5.75 Å². The van der Waals surface area contributed by atoms with E-state index in [9.17, 15) is 0 Å². The second-order valence-corrected chi connectivity index (χ2v) is 4.86. The number of hydrogen-bond acceptors (Lipinski definition) is 1. The molecule has 1 fully saturated rings. The third kappa shape index (κ3) is 1.55. The summed E-state index contributed by atoms with van der Waals surface area (Å²) in [5, 5.41) is 0. The molecule has 0 aromatic heterocycles. The second-order valence-electron chi connectivity index (χ2n) is 4.86. The lowest BCUT2D eigenvalue weighted by Gasteiger charge is -2.21. The fraction of sp³-hybridized carbons (Fsp3) is 0.467. The molecule has 0 amide bonds. The van der Waals surface area contributed by atoms with Gasteiger partial charge in [-0.1, -0.05) is 30.4 Å². The summed E-state index contributed by atoms with van der Waals surface area (Å²) in [5.41, 5.74) is 1.42. The molecular weight excluding hydrogens is 196 g/mol. The third-order valence-electron chi connectivity index (χ3n) is 3.90. The minimum atomic E-state index is 0.692. The van der Waals surface area contributed by atoms with Crippen molar-refractivity contribution in [3.05, 3.63) is 42.0 Å². The van der Waals surface area contributed by atoms with E-state index in [-0.39, 0.29) is 0 Å². The summed E-state index contributed by atoms with van der Waals surface area (Å²) in [5.74, 6) is 3.37. The van der Waals surface area contributed by atoms with Crippen LogP contribution < -0.4 is 4.74 Å². The van der Waals surface area contributed by atoms with Gasteiger partial charge < -0.3 is 4.74 Å². The van der Waals surface area contributed by atoms with Crippen LogP contribution in [0.1, 0.15) is 31.2 Å². The zero-order valence-electron chi connectivity index (χ0n) is 9.73. The average molecular weight is 214 g/mol. The first kappa shape index (κ1) is 9.95. The van der Waals surface area contributed by atoms with Crippen LogP contribution in [0.15, 0.2) is 36.4 Å². The molecule has 2 bridgehead atoms. The molecule has 16 heavy (non-hydrogen) atoms. The molecule has 0 N–H and O–H groups in total. The van der Waals surface area contributed by atoms with E-state index in [2.05, 4.69) is 43.3 Å². The van der Waals surface area contributed by atoms with Crippen LogP contribution >= 0.6 is 0 Å². The summed E-state index contributed by atoms with van der Waals surface area (Å²) in [6.07, 6.45) is 7.46. The maximum atomic E-state index is 5.73. The molecule has 1 aromatic carbocycles. The van der Waals surface area contributed by atoms with Crippen molar-refractivity contribution in [2.24, 2.45) is 11.8 Å². The van der Waals surface area contributed by atoms with Crippen LogP contribution in [0.4, 0.5) is 0 Å². The molecular formula is C15H18O. The lowest BCUT2D eigenvalue weighted by molar-refractivity contribution is 0.332. The van der Waals surface area contributed by atoms with Crippen LogP contribution in [0.2, 0.25) is 0 Å². The first-order valence-corrected chi connectivity index (χ1v) is 6.28. The Morgan fingerprint density at radius 1 is 1.19 bits per heavy atom. The van der Waals surface area contributed by atoms with Crippen molar-refractivity contribution in [2.45, 2.75) is 25.7 Å². The number of ether oxygens (including phenoxy) is 1. The van der Waals surface area contributed by atoms with Gasteiger partial charge in [-0.3, -0.25) is 0 Å². The monoisotopic (exact) mass is 214 g/mol. The lowest BCUT2D eigenvalue weighted by Crippen LogP contribution is -2.07. The van der Waals surface area contributed by atoms with E-state index in [0.29, 0.717) is 5.92 Å². The number of para-hydroxylation sites is 1. The van der Waals surface area contributed by atoms with E-state index in [1.807, 2.05) is 0 Å². The Kier molecular flexibility index (Phi) is 2.47. The van der Waals surface area contributed by atoms with Crippen LogP contribution in [0.3, 0.4) is 0 Å². The normalized spacial score (nSPS) is 30.9. The van der Waals surface area contributed by atoms with Gasteiger partial charge in [-0.15, -0.1) is 0 Å². The molecule has 3 unspecified atom stereocenters. The second kappa shape index (κ2) is 3.97. The van der Waals surface area contributed by atoms with E-state index in [1.165, 1.54) is 18.4 Å². The molecule has 3 atom stereocenters. The van der Waals surface area contributed by atoms with Gasteiger partial charge in [-0.2, -0.15) is 0 Å². The van der Waals surface area contributed by atoms with Gasteiger partial charge in [0.15, 0.2) is 0 Å². The Morgan fingerprint density at radius 2 is 2.06 bits per heavy atom. The van der Waals surface area contributed by atoms with E-state index >= 15 is 0 Å².